The molecule has 24 heavy (non-hydrogen) atoms. The maximum Gasteiger partial charge on any atom is 0.165 e. The molecule has 0 aromatic carbocycles. The Morgan fingerprint density at radius 1 is 1.17 bits per heavy atom. The Morgan fingerprint density at radius 3 is 2.92 bits per heavy atom. The summed E-state index contributed by atoms with van der Waals surface area (Å²) in [5.74, 6) is 1.66. The summed E-state index contributed by atoms with van der Waals surface area (Å²) < 4.78 is 3.73. The Labute approximate surface area is 139 Å². The van der Waals surface area contributed by atoms with Crippen LogP contribution in [0.3, 0.4) is 0 Å². The first-order valence-corrected chi connectivity index (χ1v) is 8.07. The first kappa shape index (κ1) is 14.6. The van der Waals surface area contributed by atoms with Crippen LogP contribution in [0.15, 0.2) is 49.1 Å². The molecule has 6 nitrogen and oxygen atoms in total. The molecule has 0 atom stereocenters. The second kappa shape index (κ2) is 5.88. The van der Waals surface area contributed by atoms with Crippen molar-refractivity contribution in [3.63, 3.8) is 0 Å². The Hall–Kier alpha value is -3.02. The van der Waals surface area contributed by atoms with Gasteiger partial charge in [-0.3, -0.25) is 4.98 Å². The SMILES string of the molecule is CCCc1nc(-c2cccn3nccc23)n(-c2cncc(C)c2)n1. The summed E-state index contributed by atoms with van der Waals surface area (Å²) in [7, 11) is 0. The highest BCUT2D eigenvalue weighted by Gasteiger charge is 2.16. The summed E-state index contributed by atoms with van der Waals surface area (Å²) in [6, 6.07) is 8.08. The number of rotatable bonds is 4. The molecule has 6 heteroatoms. The summed E-state index contributed by atoms with van der Waals surface area (Å²) in [6.45, 7) is 4.16. The number of aryl methyl sites for hydroxylation is 2. The van der Waals surface area contributed by atoms with Crippen molar-refractivity contribution in [2.24, 2.45) is 0 Å². The molecule has 0 saturated heterocycles. The third-order valence-corrected chi connectivity index (χ3v) is 3.91. The van der Waals surface area contributed by atoms with Gasteiger partial charge in [-0.15, -0.1) is 0 Å². The molecule has 0 unspecified atom stereocenters. The number of fused-ring (bicyclic) bond motifs is 1. The average molecular weight is 318 g/mol. The van der Waals surface area contributed by atoms with E-state index in [1.807, 2.05) is 46.8 Å². The fourth-order valence-electron chi connectivity index (χ4n) is 2.83. The van der Waals surface area contributed by atoms with Crippen molar-refractivity contribution in [3.8, 4) is 17.1 Å². The van der Waals surface area contributed by atoms with Crippen molar-refractivity contribution in [2.75, 3.05) is 0 Å². The molecule has 4 aromatic rings. The molecule has 0 radical (unpaired) electrons. The highest BCUT2D eigenvalue weighted by atomic mass is 15.4. The van der Waals surface area contributed by atoms with Gasteiger partial charge in [0, 0.05) is 24.4 Å². The average Bonchev–Trinajstić information content (AvgIpc) is 3.21. The Balaban J connectivity index is 1.95. The van der Waals surface area contributed by atoms with E-state index >= 15 is 0 Å². The quantitative estimate of drug-likeness (QED) is 0.579. The smallest absolute Gasteiger partial charge is 0.165 e. The van der Waals surface area contributed by atoms with Gasteiger partial charge in [0.2, 0.25) is 0 Å². The van der Waals surface area contributed by atoms with Crippen LogP contribution in [0.1, 0.15) is 24.7 Å². The van der Waals surface area contributed by atoms with Crippen LogP contribution in [0.25, 0.3) is 22.6 Å². The Bertz CT molecular complexity index is 998. The standard InChI is InChI=1S/C18H18N6/c1-3-5-17-21-18(15-6-4-9-23-16(15)7-8-20-23)24(22-17)14-10-13(2)11-19-12-14/h4,6-12H,3,5H2,1-2H3. The lowest BCUT2D eigenvalue weighted by atomic mass is 10.2. The molecule has 0 saturated carbocycles. The van der Waals surface area contributed by atoms with Gasteiger partial charge in [-0.25, -0.2) is 14.2 Å². The molecule has 0 bridgehead atoms. The van der Waals surface area contributed by atoms with Crippen LogP contribution in [-0.4, -0.2) is 29.4 Å². The lowest BCUT2D eigenvalue weighted by Gasteiger charge is -2.07. The van der Waals surface area contributed by atoms with Gasteiger partial charge in [0.1, 0.15) is 0 Å². The van der Waals surface area contributed by atoms with E-state index in [1.165, 1.54) is 0 Å². The largest absolute Gasteiger partial charge is 0.262 e. The van der Waals surface area contributed by atoms with Crippen molar-refractivity contribution in [3.05, 3.63) is 60.4 Å². The van der Waals surface area contributed by atoms with E-state index in [9.17, 15) is 0 Å². The highest BCUT2D eigenvalue weighted by Crippen LogP contribution is 2.25. The fourth-order valence-corrected chi connectivity index (χ4v) is 2.83. The number of hydrogen-bond donors (Lipinski definition) is 0. The third-order valence-electron chi connectivity index (χ3n) is 3.91. The minimum absolute atomic E-state index is 0.817. The van der Waals surface area contributed by atoms with Gasteiger partial charge in [0.05, 0.1) is 23.6 Å². The van der Waals surface area contributed by atoms with E-state index in [4.69, 9.17) is 10.1 Å². The van der Waals surface area contributed by atoms with Crippen molar-refractivity contribution < 1.29 is 0 Å². The minimum Gasteiger partial charge on any atom is -0.262 e. The third kappa shape index (κ3) is 2.46. The topological polar surface area (TPSA) is 60.9 Å². The van der Waals surface area contributed by atoms with Gasteiger partial charge in [-0.05, 0) is 43.2 Å². The Morgan fingerprint density at radius 2 is 2.08 bits per heavy atom. The zero-order valence-corrected chi connectivity index (χ0v) is 13.7. The summed E-state index contributed by atoms with van der Waals surface area (Å²) in [6.07, 6.45) is 9.23. The van der Waals surface area contributed by atoms with E-state index in [-0.39, 0.29) is 0 Å². The maximum absolute atomic E-state index is 4.79. The van der Waals surface area contributed by atoms with Gasteiger partial charge in [-0.1, -0.05) is 6.92 Å². The van der Waals surface area contributed by atoms with Crippen molar-refractivity contribution >= 4 is 5.52 Å². The van der Waals surface area contributed by atoms with E-state index in [2.05, 4.69) is 29.1 Å². The summed E-state index contributed by atoms with van der Waals surface area (Å²) in [5, 5.41) is 9.03. The monoisotopic (exact) mass is 318 g/mol. The van der Waals surface area contributed by atoms with Gasteiger partial charge < -0.3 is 0 Å². The second-order valence-electron chi connectivity index (χ2n) is 5.82. The van der Waals surface area contributed by atoms with E-state index in [1.54, 1.807) is 6.20 Å². The predicted octanol–water partition coefficient (Wildman–Crippen LogP) is 3.24. The highest BCUT2D eigenvalue weighted by molar-refractivity contribution is 5.76. The number of pyridine rings is 2. The molecule has 120 valence electrons. The molecule has 0 amide bonds. The van der Waals surface area contributed by atoms with Crippen LogP contribution in [0.5, 0.6) is 0 Å². The second-order valence-corrected chi connectivity index (χ2v) is 5.82. The molecule has 0 N–H and O–H groups in total. The summed E-state index contributed by atoms with van der Waals surface area (Å²) in [4.78, 5) is 9.09. The van der Waals surface area contributed by atoms with E-state index in [0.717, 1.165) is 46.8 Å². The molecule has 0 spiro atoms. The van der Waals surface area contributed by atoms with Gasteiger partial charge in [0.15, 0.2) is 11.6 Å². The first-order valence-electron chi connectivity index (χ1n) is 8.07. The number of aromatic nitrogens is 6. The molecular weight excluding hydrogens is 300 g/mol. The zero-order chi connectivity index (χ0) is 16.5. The van der Waals surface area contributed by atoms with Crippen LogP contribution in [0.4, 0.5) is 0 Å². The van der Waals surface area contributed by atoms with Crippen molar-refractivity contribution in [1.82, 2.24) is 29.4 Å². The van der Waals surface area contributed by atoms with Crippen LogP contribution in [-0.2, 0) is 6.42 Å². The minimum atomic E-state index is 0.817. The molecule has 4 heterocycles. The fraction of sp³-hybridized carbons (Fsp3) is 0.222. The van der Waals surface area contributed by atoms with Crippen LogP contribution >= 0.6 is 0 Å². The molecule has 0 aliphatic carbocycles. The van der Waals surface area contributed by atoms with E-state index in [0.29, 0.717) is 0 Å². The zero-order valence-electron chi connectivity index (χ0n) is 13.7. The van der Waals surface area contributed by atoms with E-state index < -0.39 is 0 Å². The predicted molar refractivity (Wildman–Crippen MR) is 92.1 cm³/mol. The van der Waals surface area contributed by atoms with Crippen LogP contribution < -0.4 is 0 Å². The van der Waals surface area contributed by atoms with Gasteiger partial charge in [0.25, 0.3) is 0 Å². The normalized spacial score (nSPS) is 11.2. The molecule has 4 rings (SSSR count). The van der Waals surface area contributed by atoms with Crippen molar-refractivity contribution in [2.45, 2.75) is 26.7 Å². The molecule has 0 fully saturated rings. The molecule has 0 aliphatic heterocycles. The Kier molecular flexibility index (Phi) is 3.57. The lowest BCUT2D eigenvalue weighted by Crippen LogP contribution is -2.02. The summed E-state index contributed by atoms with van der Waals surface area (Å²) >= 11 is 0. The number of hydrogen-bond acceptors (Lipinski definition) is 4. The maximum atomic E-state index is 4.79. The molecule has 0 aliphatic rings. The molecular formula is C18H18N6. The van der Waals surface area contributed by atoms with Crippen LogP contribution in [0, 0.1) is 6.92 Å². The van der Waals surface area contributed by atoms with Gasteiger partial charge >= 0.3 is 0 Å². The number of nitrogens with zero attached hydrogens (tertiary/aromatic N) is 6. The lowest BCUT2D eigenvalue weighted by molar-refractivity contribution is 0.798. The first-order chi connectivity index (χ1) is 11.8. The summed E-state index contributed by atoms with van der Waals surface area (Å²) in [5.41, 5.74) is 4.02. The van der Waals surface area contributed by atoms with Crippen molar-refractivity contribution in [1.29, 1.82) is 0 Å². The van der Waals surface area contributed by atoms with Gasteiger partial charge in [-0.2, -0.15) is 10.2 Å². The van der Waals surface area contributed by atoms with Crippen LogP contribution in [0.2, 0.25) is 0 Å². The molecule has 4 aromatic heterocycles.